The van der Waals surface area contributed by atoms with Crippen molar-refractivity contribution in [2.75, 3.05) is 13.6 Å². The first-order valence-corrected chi connectivity index (χ1v) is 6.70. The number of rotatable bonds is 5. The molecular formula is C14H19ClN2O. The molecule has 0 radical (unpaired) electrons. The molecule has 1 atom stereocenters. The summed E-state index contributed by atoms with van der Waals surface area (Å²) in [5.74, 6) is 0.129. The Morgan fingerprint density at radius 1 is 1.44 bits per heavy atom. The van der Waals surface area contributed by atoms with Crippen LogP contribution in [-0.2, 0) is 4.79 Å². The van der Waals surface area contributed by atoms with Gasteiger partial charge in [-0.2, -0.15) is 0 Å². The molecule has 1 aliphatic carbocycles. The van der Waals surface area contributed by atoms with Gasteiger partial charge in [-0.15, -0.1) is 0 Å². The minimum absolute atomic E-state index is 0.0655. The van der Waals surface area contributed by atoms with Gasteiger partial charge in [0.25, 0.3) is 0 Å². The van der Waals surface area contributed by atoms with Crippen molar-refractivity contribution in [3.05, 3.63) is 34.9 Å². The molecule has 1 N–H and O–H groups in total. The molecule has 1 aliphatic rings. The van der Waals surface area contributed by atoms with Crippen LogP contribution >= 0.6 is 11.6 Å². The van der Waals surface area contributed by atoms with Gasteiger partial charge in [0, 0.05) is 18.1 Å². The highest BCUT2D eigenvalue weighted by Gasteiger charge is 2.23. The number of hydrogen-bond donors (Lipinski definition) is 1. The Bertz CT molecular complexity index is 414. The Labute approximate surface area is 113 Å². The van der Waals surface area contributed by atoms with Gasteiger partial charge < -0.3 is 10.2 Å². The smallest absolute Gasteiger partial charge is 0.236 e. The molecule has 1 aromatic carbocycles. The summed E-state index contributed by atoms with van der Waals surface area (Å²) in [6.45, 7) is 2.46. The van der Waals surface area contributed by atoms with E-state index in [9.17, 15) is 4.79 Å². The molecule has 1 saturated carbocycles. The van der Waals surface area contributed by atoms with Crippen molar-refractivity contribution in [2.45, 2.75) is 31.8 Å². The van der Waals surface area contributed by atoms with Gasteiger partial charge in [0.2, 0.25) is 5.91 Å². The molecule has 2 rings (SSSR count). The summed E-state index contributed by atoms with van der Waals surface area (Å²) < 4.78 is 0. The number of likely N-dealkylation sites (N-methyl/N-ethyl adjacent to an activating group) is 1. The molecule has 1 fully saturated rings. The summed E-state index contributed by atoms with van der Waals surface area (Å²) >= 11 is 5.86. The molecule has 98 valence electrons. The molecular weight excluding hydrogens is 248 g/mol. The van der Waals surface area contributed by atoms with E-state index in [1.807, 2.05) is 38.2 Å². The van der Waals surface area contributed by atoms with Gasteiger partial charge in [0.05, 0.1) is 12.6 Å². The van der Waals surface area contributed by atoms with E-state index in [-0.39, 0.29) is 11.9 Å². The number of carbonyl (C=O) groups is 1. The van der Waals surface area contributed by atoms with E-state index in [1.165, 1.54) is 12.8 Å². The third kappa shape index (κ3) is 3.47. The summed E-state index contributed by atoms with van der Waals surface area (Å²) in [5, 5.41) is 3.96. The number of hydrogen-bond acceptors (Lipinski definition) is 2. The lowest BCUT2D eigenvalue weighted by Crippen LogP contribution is -2.37. The second-order valence-electron chi connectivity index (χ2n) is 4.89. The van der Waals surface area contributed by atoms with Crippen LogP contribution in [0.1, 0.15) is 31.4 Å². The molecule has 4 heteroatoms. The SMILES string of the molecule is CC(c1ccc(Cl)cc1)N(C)C(=O)CNC1CC1. The maximum atomic E-state index is 12.0. The highest BCUT2D eigenvalue weighted by atomic mass is 35.5. The van der Waals surface area contributed by atoms with Crippen LogP contribution < -0.4 is 5.32 Å². The van der Waals surface area contributed by atoms with Crippen molar-refractivity contribution in [3.63, 3.8) is 0 Å². The first-order valence-electron chi connectivity index (χ1n) is 6.32. The fourth-order valence-corrected chi connectivity index (χ4v) is 1.95. The van der Waals surface area contributed by atoms with Gasteiger partial charge in [-0.1, -0.05) is 23.7 Å². The second kappa shape index (κ2) is 5.72. The van der Waals surface area contributed by atoms with Crippen LogP contribution in [0.15, 0.2) is 24.3 Å². The lowest BCUT2D eigenvalue weighted by molar-refractivity contribution is -0.130. The van der Waals surface area contributed by atoms with Crippen molar-refractivity contribution < 1.29 is 4.79 Å². The fraction of sp³-hybridized carbons (Fsp3) is 0.500. The predicted molar refractivity (Wildman–Crippen MR) is 73.7 cm³/mol. The van der Waals surface area contributed by atoms with E-state index in [1.54, 1.807) is 4.90 Å². The Balaban J connectivity index is 1.91. The van der Waals surface area contributed by atoms with E-state index in [0.717, 1.165) is 10.6 Å². The van der Waals surface area contributed by atoms with Crippen molar-refractivity contribution >= 4 is 17.5 Å². The highest BCUT2D eigenvalue weighted by molar-refractivity contribution is 6.30. The molecule has 1 amide bonds. The average molecular weight is 267 g/mol. The first-order chi connectivity index (χ1) is 8.58. The zero-order chi connectivity index (χ0) is 13.1. The van der Waals surface area contributed by atoms with Crippen molar-refractivity contribution in [2.24, 2.45) is 0 Å². The number of carbonyl (C=O) groups excluding carboxylic acids is 1. The normalized spacial score (nSPS) is 16.4. The van der Waals surface area contributed by atoms with Crippen LogP contribution in [0.5, 0.6) is 0 Å². The van der Waals surface area contributed by atoms with E-state index in [2.05, 4.69) is 5.32 Å². The maximum absolute atomic E-state index is 12.0. The first kappa shape index (κ1) is 13.4. The Kier molecular flexibility index (Phi) is 4.25. The molecule has 1 unspecified atom stereocenters. The third-order valence-corrected chi connectivity index (χ3v) is 3.70. The van der Waals surface area contributed by atoms with Crippen LogP contribution in [0.2, 0.25) is 5.02 Å². The molecule has 0 bridgehead atoms. The molecule has 0 aliphatic heterocycles. The van der Waals surface area contributed by atoms with Crippen LogP contribution in [0.4, 0.5) is 0 Å². The van der Waals surface area contributed by atoms with E-state index < -0.39 is 0 Å². The highest BCUT2D eigenvalue weighted by Crippen LogP contribution is 2.21. The topological polar surface area (TPSA) is 32.3 Å². The Hall–Kier alpha value is -1.06. The van der Waals surface area contributed by atoms with Gasteiger partial charge >= 0.3 is 0 Å². The predicted octanol–water partition coefficient (Wildman–Crippen LogP) is 2.61. The van der Waals surface area contributed by atoms with E-state index in [4.69, 9.17) is 11.6 Å². The van der Waals surface area contributed by atoms with Gasteiger partial charge in [-0.25, -0.2) is 0 Å². The minimum atomic E-state index is 0.0655. The van der Waals surface area contributed by atoms with E-state index >= 15 is 0 Å². The van der Waals surface area contributed by atoms with Crippen LogP contribution in [0, 0.1) is 0 Å². The molecule has 3 nitrogen and oxygen atoms in total. The van der Waals surface area contributed by atoms with Crippen molar-refractivity contribution in [1.82, 2.24) is 10.2 Å². The van der Waals surface area contributed by atoms with Gasteiger partial charge in [0.15, 0.2) is 0 Å². The summed E-state index contributed by atoms with van der Waals surface area (Å²) in [7, 11) is 1.84. The van der Waals surface area contributed by atoms with E-state index in [0.29, 0.717) is 12.6 Å². The number of halogens is 1. The van der Waals surface area contributed by atoms with Gasteiger partial charge in [-0.3, -0.25) is 4.79 Å². The number of nitrogens with one attached hydrogen (secondary N) is 1. The third-order valence-electron chi connectivity index (χ3n) is 3.45. The summed E-state index contributed by atoms with van der Waals surface area (Å²) in [6.07, 6.45) is 2.40. The summed E-state index contributed by atoms with van der Waals surface area (Å²) in [6, 6.07) is 8.27. The monoisotopic (exact) mass is 266 g/mol. The van der Waals surface area contributed by atoms with Crippen molar-refractivity contribution in [3.8, 4) is 0 Å². The van der Waals surface area contributed by atoms with Crippen LogP contribution in [0.25, 0.3) is 0 Å². The molecule has 1 aromatic rings. The number of benzene rings is 1. The zero-order valence-electron chi connectivity index (χ0n) is 10.8. The number of nitrogens with zero attached hydrogens (tertiary/aromatic N) is 1. The Morgan fingerprint density at radius 2 is 2.06 bits per heavy atom. The zero-order valence-corrected chi connectivity index (χ0v) is 11.6. The molecule has 0 saturated heterocycles. The summed E-state index contributed by atoms with van der Waals surface area (Å²) in [5.41, 5.74) is 1.10. The Morgan fingerprint density at radius 3 is 2.61 bits per heavy atom. The number of amides is 1. The van der Waals surface area contributed by atoms with Crippen molar-refractivity contribution in [1.29, 1.82) is 0 Å². The molecule has 0 aromatic heterocycles. The summed E-state index contributed by atoms with van der Waals surface area (Å²) in [4.78, 5) is 13.8. The fourth-order valence-electron chi connectivity index (χ4n) is 1.82. The quantitative estimate of drug-likeness (QED) is 0.889. The lowest BCUT2D eigenvalue weighted by atomic mass is 10.1. The lowest BCUT2D eigenvalue weighted by Gasteiger charge is -2.25. The molecule has 18 heavy (non-hydrogen) atoms. The van der Waals surface area contributed by atoms with Gasteiger partial charge in [-0.05, 0) is 37.5 Å². The largest absolute Gasteiger partial charge is 0.338 e. The molecule has 0 spiro atoms. The standard InChI is InChI=1S/C14H19ClN2O/c1-10(11-3-5-12(15)6-4-11)17(2)14(18)9-16-13-7-8-13/h3-6,10,13,16H,7-9H2,1-2H3. The second-order valence-corrected chi connectivity index (χ2v) is 5.32. The average Bonchev–Trinajstić information content (AvgIpc) is 3.19. The minimum Gasteiger partial charge on any atom is -0.338 e. The van der Waals surface area contributed by atoms with Crippen LogP contribution in [-0.4, -0.2) is 30.4 Å². The van der Waals surface area contributed by atoms with Gasteiger partial charge in [0.1, 0.15) is 0 Å². The maximum Gasteiger partial charge on any atom is 0.236 e. The van der Waals surface area contributed by atoms with Crippen LogP contribution in [0.3, 0.4) is 0 Å². The molecule has 0 heterocycles.